The van der Waals surface area contributed by atoms with Crippen molar-refractivity contribution in [2.75, 3.05) is 6.61 Å². The van der Waals surface area contributed by atoms with E-state index >= 15 is 0 Å². The van der Waals surface area contributed by atoms with Crippen LogP contribution >= 0.6 is 0 Å². The zero-order valence-electron chi connectivity index (χ0n) is 33.1. The molecule has 4 heterocycles. The first-order chi connectivity index (χ1) is 27.7. The molecule has 0 unspecified atom stereocenters. The van der Waals surface area contributed by atoms with Gasteiger partial charge in [0, 0.05) is 0 Å². The molecule has 4 aromatic carbocycles. The third-order valence-corrected chi connectivity index (χ3v) is 10.6. The van der Waals surface area contributed by atoms with Crippen molar-refractivity contribution in [2.24, 2.45) is 0 Å². The summed E-state index contributed by atoms with van der Waals surface area (Å²) in [5, 5.41) is 0. The summed E-state index contributed by atoms with van der Waals surface area (Å²) in [6.07, 6.45) is -1.28. The van der Waals surface area contributed by atoms with Crippen molar-refractivity contribution in [2.45, 2.75) is 127 Å². The molecule has 0 aliphatic carbocycles. The second-order valence-corrected chi connectivity index (χ2v) is 15.9. The van der Waals surface area contributed by atoms with E-state index < -0.39 is 72.8 Å². The van der Waals surface area contributed by atoms with E-state index in [9.17, 15) is 0 Å². The summed E-state index contributed by atoms with van der Waals surface area (Å²) >= 11 is 0. The lowest BCUT2D eigenvalue weighted by Gasteiger charge is -2.46. The van der Waals surface area contributed by atoms with Crippen LogP contribution in [0.15, 0.2) is 133 Å². The Kier molecular flexibility index (Phi) is 12.6. The van der Waals surface area contributed by atoms with Crippen LogP contribution in [-0.4, -0.2) is 79.4 Å². The van der Waals surface area contributed by atoms with Crippen LogP contribution in [0.3, 0.4) is 0 Å². The molecular weight excluding hydrogens is 725 g/mol. The maximum Gasteiger partial charge on any atom is 0.190 e. The van der Waals surface area contributed by atoms with Gasteiger partial charge in [0.2, 0.25) is 0 Å². The second kappa shape index (κ2) is 18.0. The number of rotatable bonds is 15. The number of hydrogen-bond acceptors (Lipinski definition) is 10. The first kappa shape index (κ1) is 40.0. The maximum absolute atomic E-state index is 7.05. The average molecular weight is 779 g/mol. The molecule has 0 bridgehead atoms. The van der Waals surface area contributed by atoms with Gasteiger partial charge in [0.05, 0.1) is 33.0 Å². The molecule has 0 aromatic heterocycles. The molecule has 302 valence electrons. The largest absolute Gasteiger partial charge is 0.374 e. The maximum atomic E-state index is 7.05. The highest BCUT2D eigenvalue weighted by atomic mass is 16.9. The van der Waals surface area contributed by atoms with Gasteiger partial charge in [0.1, 0.15) is 54.9 Å². The van der Waals surface area contributed by atoms with Gasteiger partial charge in [-0.1, -0.05) is 133 Å². The summed E-state index contributed by atoms with van der Waals surface area (Å²) in [6.45, 7) is 9.30. The molecule has 0 saturated carbocycles. The van der Waals surface area contributed by atoms with E-state index in [0.717, 1.165) is 22.3 Å². The van der Waals surface area contributed by atoms with Crippen LogP contribution < -0.4 is 0 Å². The van der Waals surface area contributed by atoms with Crippen molar-refractivity contribution in [1.82, 2.24) is 0 Å². The molecule has 4 aliphatic rings. The minimum absolute atomic E-state index is 0.259. The number of hydrogen-bond donors (Lipinski definition) is 0. The molecular formula is C47H54O10. The minimum Gasteiger partial charge on any atom is -0.374 e. The van der Waals surface area contributed by atoms with Crippen LogP contribution in [0.4, 0.5) is 0 Å². The van der Waals surface area contributed by atoms with E-state index in [4.69, 9.17) is 47.4 Å². The van der Waals surface area contributed by atoms with Gasteiger partial charge in [-0.2, -0.15) is 0 Å². The fraction of sp³-hybridized carbons (Fsp3) is 0.447. The Labute approximate surface area is 335 Å². The standard InChI is InChI=1S/C47H54O10/c1-46(2)54-41-37(53-45-44(43(41)55-46)56-47(3,4)57-45)26-25-36-39(49-28-33-19-11-6-12-20-33)42(51-30-35-23-15-8-16-24-35)40(50-29-34-21-13-7-14-22-34)38(52-36)31-48-27-32-17-9-5-10-18-32/h5-26,36-45H,27-31H2,1-4H3/t36-,37+,38+,39-,40-,41-,42+,43-,44+,45+/m0/s1. The first-order valence-corrected chi connectivity index (χ1v) is 20.0. The van der Waals surface area contributed by atoms with Gasteiger partial charge in [0.25, 0.3) is 0 Å². The fourth-order valence-electron chi connectivity index (χ4n) is 8.00. The average Bonchev–Trinajstić information content (AvgIpc) is 3.73. The zero-order chi connectivity index (χ0) is 39.2. The first-order valence-electron chi connectivity index (χ1n) is 20.0. The molecule has 4 aromatic rings. The van der Waals surface area contributed by atoms with E-state index in [1.165, 1.54) is 0 Å². The summed E-state index contributed by atoms with van der Waals surface area (Å²) in [5.74, 6) is -1.66. The third kappa shape index (κ3) is 10.1. The SMILES string of the molecule is CC1(C)O[C@H]2[C@@H](O1)[C@@H](C=C[C@@H]1O[C@H](COCc3ccccc3)[C@H](OCc3ccccc3)[C@H](OCc3ccccc3)[C@H]1OCc1ccccc1)O[C@@H]1OC(C)(C)O[C@@H]12. The molecule has 10 atom stereocenters. The Bertz CT molecular complexity index is 1860. The van der Waals surface area contributed by atoms with E-state index in [1.807, 2.05) is 125 Å². The molecule has 4 aliphatic heterocycles. The van der Waals surface area contributed by atoms with Crippen molar-refractivity contribution in [3.63, 3.8) is 0 Å². The minimum atomic E-state index is -0.834. The predicted molar refractivity (Wildman–Crippen MR) is 211 cm³/mol. The molecule has 57 heavy (non-hydrogen) atoms. The van der Waals surface area contributed by atoms with Crippen LogP contribution in [0.25, 0.3) is 0 Å². The number of ether oxygens (including phenoxy) is 10. The van der Waals surface area contributed by atoms with Crippen molar-refractivity contribution < 1.29 is 47.4 Å². The Morgan fingerprint density at radius 1 is 0.456 bits per heavy atom. The molecule has 0 spiro atoms. The van der Waals surface area contributed by atoms with Crippen molar-refractivity contribution in [3.05, 3.63) is 156 Å². The Balaban J connectivity index is 1.12. The van der Waals surface area contributed by atoms with Crippen LogP contribution in [0.2, 0.25) is 0 Å². The van der Waals surface area contributed by atoms with Crippen LogP contribution in [0.1, 0.15) is 49.9 Å². The monoisotopic (exact) mass is 778 g/mol. The van der Waals surface area contributed by atoms with E-state index in [0.29, 0.717) is 26.4 Å². The third-order valence-electron chi connectivity index (χ3n) is 10.6. The summed E-state index contributed by atoms with van der Waals surface area (Å²) in [6, 6.07) is 40.5. The summed E-state index contributed by atoms with van der Waals surface area (Å²) in [5.41, 5.74) is 4.17. The number of benzene rings is 4. The highest BCUT2D eigenvalue weighted by Crippen LogP contribution is 2.44. The van der Waals surface area contributed by atoms with Gasteiger partial charge >= 0.3 is 0 Å². The fourth-order valence-corrected chi connectivity index (χ4v) is 8.00. The smallest absolute Gasteiger partial charge is 0.190 e. The zero-order valence-corrected chi connectivity index (χ0v) is 33.1. The molecule has 10 heteroatoms. The molecule has 4 saturated heterocycles. The summed E-state index contributed by atoms with van der Waals surface area (Å²) in [4.78, 5) is 0. The van der Waals surface area contributed by atoms with E-state index in [-0.39, 0.29) is 6.61 Å². The summed E-state index contributed by atoms with van der Waals surface area (Å²) in [7, 11) is 0. The van der Waals surface area contributed by atoms with Crippen LogP contribution in [-0.2, 0) is 73.8 Å². The molecule has 8 rings (SSSR count). The Hall–Kier alpha value is -3.78. The molecule has 10 nitrogen and oxygen atoms in total. The normalized spacial score (nSPS) is 31.6. The molecule has 0 radical (unpaired) electrons. The van der Waals surface area contributed by atoms with E-state index in [1.54, 1.807) is 0 Å². The van der Waals surface area contributed by atoms with Gasteiger partial charge in [-0.05, 0) is 49.9 Å². The quantitative estimate of drug-likeness (QED) is 0.112. The predicted octanol–water partition coefficient (Wildman–Crippen LogP) is 7.68. The van der Waals surface area contributed by atoms with Crippen molar-refractivity contribution in [3.8, 4) is 0 Å². The molecule has 0 N–H and O–H groups in total. The van der Waals surface area contributed by atoms with Gasteiger partial charge < -0.3 is 47.4 Å². The molecule has 4 fully saturated rings. The van der Waals surface area contributed by atoms with Gasteiger partial charge in [-0.25, -0.2) is 0 Å². The second-order valence-electron chi connectivity index (χ2n) is 15.9. The summed E-state index contributed by atoms with van der Waals surface area (Å²) < 4.78 is 66.0. The van der Waals surface area contributed by atoms with Gasteiger partial charge in [-0.15, -0.1) is 0 Å². The highest BCUT2D eigenvalue weighted by Gasteiger charge is 2.60. The van der Waals surface area contributed by atoms with Crippen molar-refractivity contribution >= 4 is 0 Å². The Morgan fingerprint density at radius 3 is 1.46 bits per heavy atom. The lowest BCUT2D eigenvalue weighted by Crippen LogP contribution is -2.61. The van der Waals surface area contributed by atoms with Gasteiger partial charge in [-0.3, -0.25) is 0 Å². The Morgan fingerprint density at radius 2 is 0.895 bits per heavy atom. The highest BCUT2D eigenvalue weighted by molar-refractivity contribution is 5.18. The van der Waals surface area contributed by atoms with Crippen LogP contribution in [0, 0.1) is 0 Å². The van der Waals surface area contributed by atoms with E-state index in [2.05, 4.69) is 36.4 Å². The molecule has 0 amide bonds. The van der Waals surface area contributed by atoms with Gasteiger partial charge in [0.15, 0.2) is 17.9 Å². The lowest BCUT2D eigenvalue weighted by atomic mass is 9.92. The van der Waals surface area contributed by atoms with Crippen molar-refractivity contribution in [1.29, 1.82) is 0 Å². The lowest BCUT2D eigenvalue weighted by molar-refractivity contribution is -0.263. The van der Waals surface area contributed by atoms with Crippen LogP contribution in [0.5, 0.6) is 0 Å². The topological polar surface area (TPSA) is 92.3 Å². The number of fused-ring (bicyclic) bond motifs is 3.